The van der Waals surface area contributed by atoms with Crippen molar-refractivity contribution in [2.24, 2.45) is 5.92 Å². The molecule has 1 aromatic rings. The number of nitrogens with one attached hydrogen (secondary N) is 2. The Kier molecular flexibility index (Phi) is 5.42. The predicted octanol–water partition coefficient (Wildman–Crippen LogP) is 2.49. The molecule has 1 unspecified atom stereocenters. The summed E-state index contributed by atoms with van der Waals surface area (Å²) in [6.07, 6.45) is 1.02. The third-order valence-electron chi connectivity index (χ3n) is 2.88. The molecule has 0 saturated carbocycles. The lowest BCUT2D eigenvalue weighted by atomic mass is 10.1. The molecule has 2 N–H and O–H groups in total. The molecule has 7 heteroatoms. The second-order valence-corrected chi connectivity index (χ2v) is 7.23. The SMILES string of the molecule is CC(C)C(C)NC(=O)c1ccc(Cl)c(NS(C)(=O)=O)c1. The van der Waals surface area contributed by atoms with Crippen LogP contribution in [0.1, 0.15) is 31.1 Å². The van der Waals surface area contributed by atoms with Crippen molar-refractivity contribution in [1.29, 1.82) is 0 Å². The molecule has 0 aromatic heterocycles. The van der Waals surface area contributed by atoms with E-state index in [0.29, 0.717) is 11.5 Å². The highest BCUT2D eigenvalue weighted by Gasteiger charge is 2.15. The lowest BCUT2D eigenvalue weighted by molar-refractivity contribution is 0.0930. The third kappa shape index (κ3) is 5.02. The summed E-state index contributed by atoms with van der Waals surface area (Å²) in [7, 11) is -3.44. The summed E-state index contributed by atoms with van der Waals surface area (Å²) < 4.78 is 24.7. The largest absolute Gasteiger partial charge is 0.349 e. The van der Waals surface area contributed by atoms with E-state index in [1.807, 2.05) is 20.8 Å². The first-order valence-corrected chi connectivity index (χ1v) is 8.45. The smallest absolute Gasteiger partial charge is 0.251 e. The summed E-state index contributed by atoms with van der Waals surface area (Å²) in [6, 6.07) is 4.48. The molecule has 5 nitrogen and oxygen atoms in total. The van der Waals surface area contributed by atoms with Gasteiger partial charge in [-0.25, -0.2) is 8.42 Å². The summed E-state index contributed by atoms with van der Waals surface area (Å²) in [6.45, 7) is 5.92. The number of hydrogen-bond donors (Lipinski definition) is 2. The second-order valence-electron chi connectivity index (χ2n) is 5.08. The molecule has 0 aliphatic rings. The van der Waals surface area contributed by atoms with Gasteiger partial charge in [0.2, 0.25) is 10.0 Å². The average molecular weight is 319 g/mol. The summed E-state index contributed by atoms with van der Waals surface area (Å²) >= 11 is 5.90. The highest BCUT2D eigenvalue weighted by Crippen LogP contribution is 2.24. The Balaban J connectivity index is 2.97. The molecule has 0 aliphatic heterocycles. The molecular formula is C13H19ClN2O3S. The molecule has 1 atom stereocenters. The van der Waals surface area contributed by atoms with Crippen molar-refractivity contribution in [2.45, 2.75) is 26.8 Å². The molecule has 0 saturated heterocycles. The summed E-state index contributed by atoms with van der Waals surface area (Å²) in [5, 5.41) is 3.09. The van der Waals surface area contributed by atoms with Gasteiger partial charge >= 0.3 is 0 Å². The van der Waals surface area contributed by atoms with Crippen molar-refractivity contribution in [2.75, 3.05) is 11.0 Å². The van der Waals surface area contributed by atoms with Gasteiger partial charge < -0.3 is 5.32 Å². The van der Waals surface area contributed by atoms with Crippen LogP contribution in [-0.4, -0.2) is 26.6 Å². The van der Waals surface area contributed by atoms with E-state index in [4.69, 9.17) is 11.6 Å². The Hall–Kier alpha value is -1.27. The van der Waals surface area contributed by atoms with E-state index in [2.05, 4.69) is 10.0 Å². The molecule has 0 radical (unpaired) electrons. The highest BCUT2D eigenvalue weighted by molar-refractivity contribution is 7.92. The molecule has 1 rings (SSSR count). The van der Waals surface area contributed by atoms with E-state index in [1.165, 1.54) is 12.1 Å². The predicted molar refractivity (Wildman–Crippen MR) is 81.7 cm³/mol. The van der Waals surface area contributed by atoms with Crippen LogP contribution in [-0.2, 0) is 10.0 Å². The first-order chi connectivity index (χ1) is 9.10. The zero-order valence-corrected chi connectivity index (χ0v) is 13.5. The standard InChI is InChI=1S/C13H19ClN2O3S/c1-8(2)9(3)15-13(17)10-5-6-11(14)12(7-10)16-20(4,18)19/h5-9,16H,1-4H3,(H,15,17). The van der Waals surface area contributed by atoms with Crippen LogP contribution in [0.5, 0.6) is 0 Å². The molecule has 20 heavy (non-hydrogen) atoms. The average Bonchev–Trinajstić information content (AvgIpc) is 2.29. The summed E-state index contributed by atoms with van der Waals surface area (Å²) in [5.41, 5.74) is 0.548. The van der Waals surface area contributed by atoms with Crippen LogP contribution in [0.2, 0.25) is 5.02 Å². The van der Waals surface area contributed by atoms with Crippen molar-refractivity contribution in [3.8, 4) is 0 Å². The summed E-state index contributed by atoms with van der Waals surface area (Å²) in [4.78, 5) is 12.1. The fraction of sp³-hybridized carbons (Fsp3) is 0.462. The van der Waals surface area contributed by atoms with Gasteiger partial charge in [0.1, 0.15) is 0 Å². The number of halogens is 1. The Morgan fingerprint density at radius 1 is 1.25 bits per heavy atom. The topological polar surface area (TPSA) is 75.3 Å². The van der Waals surface area contributed by atoms with Crippen LogP contribution in [0.4, 0.5) is 5.69 Å². The van der Waals surface area contributed by atoms with E-state index in [1.54, 1.807) is 6.07 Å². The normalized spacial score (nSPS) is 13.1. The van der Waals surface area contributed by atoms with Gasteiger partial charge in [0.15, 0.2) is 0 Å². The molecule has 1 aromatic carbocycles. The van der Waals surface area contributed by atoms with E-state index in [-0.39, 0.29) is 22.7 Å². The maximum absolute atomic E-state index is 12.1. The zero-order chi connectivity index (χ0) is 15.5. The Morgan fingerprint density at radius 2 is 1.85 bits per heavy atom. The number of benzene rings is 1. The van der Waals surface area contributed by atoms with E-state index < -0.39 is 10.0 Å². The highest BCUT2D eigenvalue weighted by atomic mass is 35.5. The van der Waals surface area contributed by atoms with E-state index >= 15 is 0 Å². The lowest BCUT2D eigenvalue weighted by Crippen LogP contribution is -2.36. The van der Waals surface area contributed by atoms with E-state index in [0.717, 1.165) is 6.26 Å². The molecule has 112 valence electrons. The molecule has 0 bridgehead atoms. The number of amides is 1. The second kappa shape index (κ2) is 6.45. The number of carbonyl (C=O) groups is 1. The minimum absolute atomic E-state index is 0.0181. The number of anilines is 1. The Morgan fingerprint density at radius 3 is 2.35 bits per heavy atom. The fourth-order valence-electron chi connectivity index (χ4n) is 1.40. The number of carbonyl (C=O) groups excluding carboxylic acids is 1. The van der Waals surface area contributed by atoms with Crippen LogP contribution in [0.3, 0.4) is 0 Å². The van der Waals surface area contributed by atoms with Gasteiger partial charge in [0, 0.05) is 11.6 Å². The minimum atomic E-state index is -3.44. The van der Waals surface area contributed by atoms with Gasteiger partial charge in [-0.15, -0.1) is 0 Å². The maximum Gasteiger partial charge on any atom is 0.251 e. The summed E-state index contributed by atoms with van der Waals surface area (Å²) in [5.74, 6) is 0.0410. The lowest BCUT2D eigenvalue weighted by Gasteiger charge is -2.18. The van der Waals surface area contributed by atoms with Crippen LogP contribution in [0, 0.1) is 5.92 Å². The first-order valence-electron chi connectivity index (χ1n) is 6.18. The molecule has 0 heterocycles. The monoisotopic (exact) mass is 318 g/mol. The molecular weight excluding hydrogens is 300 g/mol. The van der Waals surface area contributed by atoms with Crippen molar-refractivity contribution in [1.82, 2.24) is 5.32 Å². The third-order valence-corrected chi connectivity index (χ3v) is 3.80. The van der Waals surface area contributed by atoms with Gasteiger partial charge in [0.25, 0.3) is 5.91 Å². The van der Waals surface area contributed by atoms with Gasteiger partial charge in [-0.3, -0.25) is 9.52 Å². The molecule has 1 amide bonds. The quantitative estimate of drug-likeness (QED) is 0.875. The van der Waals surface area contributed by atoms with Crippen molar-refractivity contribution in [3.05, 3.63) is 28.8 Å². The molecule has 0 spiro atoms. The minimum Gasteiger partial charge on any atom is -0.349 e. The fourth-order valence-corrected chi connectivity index (χ4v) is 2.19. The van der Waals surface area contributed by atoms with Crippen LogP contribution in [0.15, 0.2) is 18.2 Å². The van der Waals surface area contributed by atoms with Gasteiger partial charge in [-0.2, -0.15) is 0 Å². The maximum atomic E-state index is 12.1. The first kappa shape index (κ1) is 16.8. The Labute approximate surface area is 124 Å². The number of sulfonamides is 1. The molecule has 0 aliphatic carbocycles. The zero-order valence-electron chi connectivity index (χ0n) is 11.9. The van der Waals surface area contributed by atoms with Crippen molar-refractivity contribution >= 4 is 33.2 Å². The van der Waals surface area contributed by atoms with Crippen molar-refractivity contribution in [3.63, 3.8) is 0 Å². The molecule has 0 fully saturated rings. The van der Waals surface area contributed by atoms with Gasteiger partial charge in [-0.05, 0) is 31.0 Å². The van der Waals surface area contributed by atoms with E-state index in [9.17, 15) is 13.2 Å². The van der Waals surface area contributed by atoms with Gasteiger partial charge in [0.05, 0.1) is 17.0 Å². The van der Waals surface area contributed by atoms with Gasteiger partial charge in [-0.1, -0.05) is 25.4 Å². The van der Waals surface area contributed by atoms with Crippen LogP contribution in [0.25, 0.3) is 0 Å². The number of rotatable bonds is 5. The number of hydrogen-bond acceptors (Lipinski definition) is 3. The van der Waals surface area contributed by atoms with Crippen LogP contribution < -0.4 is 10.0 Å². The van der Waals surface area contributed by atoms with Crippen LogP contribution >= 0.6 is 11.6 Å². The van der Waals surface area contributed by atoms with Crippen molar-refractivity contribution < 1.29 is 13.2 Å². The Bertz CT molecular complexity index is 600.